The smallest absolute Gasteiger partial charge is 0.342 e. The number of carbonyl (C=O) groups is 2. The summed E-state index contributed by atoms with van der Waals surface area (Å²) >= 11 is 0. The first kappa shape index (κ1) is 20.3. The Balaban J connectivity index is 1.67. The van der Waals surface area contributed by atoms with E-state index in [9.17, 15) is 14.0 Å². The number of esters is 1. The highest BCUT2D eigenvalue weighted by Crippen LogP contribution is 2.19. The number of carbonyl (C=O) groups excluding carboxylic acids is 2. The fourth-order valence-corrected chi connectivity index (χ4v) is 3.04. The lowest BCUT2D eigenvalue weighted by molar-refractivity contribution is -0.119. The van der Waals surface area contributed by atoms with Crippen molar-refractivity contribution in [3.05, 3.63) is 76.9 Å². The van der Waals surface area contributed by atoms with Gasteiger partial charge in [0.2, 0.25) is 0 Å². The molecule has 1 aromatic heterocycles. The Morgan fingerprint density at radius 2 is 1.86 bits per heavy atom. The summed E-state index contributed by atoms with van der Waals surface area (Å²) in [6, 6.07) is 13.3. The molecule has 1 heterocycles. The lowest BCUT2D eigenvalue weighted by Gasteiger charge is -2.08. The van der Waals surface area contributed by atoms with Crippen LogP contribution in [0.1, 0.15) is 34.2 Å². The average Bonchev–Trinajstić information content (AvgIpc) is 3.01. The van der Waals surface area contributed by atoms with Crippen molar-refractivity contribution < 1.29 is 18.7 Å². The van der Waals surface area contributed by atoms with Gasteiger partial charge in [-0.1, -0.05) is 19.1 Å². The maximum Gasteiger partial charge on any atom is 0.342 e. The Morgan fingerprint density at radius 3 is 2.55 bits per heavy atom. The van der Waals surface area contributed by atoms with Crippen LogP contribution in [0.3, 0.4) is 0 Å². The standard InChI is InChI=1S/C22H22FN3O3/c1-4-16-6-5-7-18(12-16)24-20(27)13-29-22(28)21-14(2)25-26(15(21)3)19-10-8-17(23)9-11-19/h5-12H,4,13H2,1-3H3,(H,24,27). The van der Waals surface area contributed by atoms with Gasteiger partial charge in [-0.25, -0.2) is 13.9 Å². The molecule has 1 amide bonds. The number of benzene rings is 2. The number of aromatic nitrogens is 2. The van der Waals surface area contributed by atoms with Gasteiger partial charge in [0.25, 0.3) is 5.91 Å². The zero-order valence-corrected chi connectivity index (χ0v) is 16.5. The maximum atomic E-state index is 13.1. The number of nitrogens with zero attached hydrogens (tertiary/aromatic N) is 2. The normalized spacial score (nSPS) is 10.6. The minimum atomic E-state index is -0.633. The first-order valence-electron chi connectivity index (χ1n) is 9.27. The molecule has 0 atom stereocenters. The third kappa shape index (κ3) is 4.68. The van der Waals surface area contributed by atoms with Gasteiger partial charge >= 0.3 is 5.97 Å². The van der Waals surface area contributed by atoms with Gasteiger partial charge in [0.05, 0.1) is 17.1 Å². The Bertz CT molecular complexity index is 1040. The highest BCUT2D eigenvalue weighted by Gasteiger charge is 2.21. The van der Waals surface area contributed by atoms with Crippen molar-refractivity contribution in [2.45, 2.75) is 27.2 Å². The van der Waals surface area contributed by atoms with E-state index in [4.69, 9.17) is 4.74 Å². The number of amides is 1. The van der Waals surface area contributed by atoms with E-state index in [1.807, 2.05) is 25.1 Å². The number of hydrogen-bond acceptors (Lipinski definition) is 4. The summed E-state index contributed by atoms with van der Waals surface area (Å²) < 4.78 is 19.9. The zero-order valence-electron chi connectivity index (χ0n) is 16.5. The topological polar surface area (TPSA) is 73.2 Å². The summed E-state index contributed by atoms with van der Waals surface area (Å²) in [5.41, 5.74) is 3.68. The molecule has 0 saturated heterocycles. The van der Waals surface area contributed by atoms with Gasteiger partial charge < -0.3 is 10.1 Å². The van der Waals surface area contributed by atoms with Crippen LogP contribution in [0.2, 0.25) is 0 Å². The molecule has 0 aliphatic carbocycles. The number of nitrogens with one attached hydrogen (secondary N) is 1. The summed E-state index contributed by atoms with van der Waals surface area (Å²) in [7, 11) is 0. The number of hydrogen-bond donors (Lipinski definition) is 1. The van der Waals surface area contributed by atoms with Crippen molar-refractivity contribution in [1.29, 1.82) is 0 Å². The molecule has 6 nitrogen and oxygen atoms in total. The van der Waals surface area contributed by atoms with E-state index >= 15 is 0 Å². The Labute approximate surface area is 168 Å². The van der Waals surface area contributed by atoms with Crippen LogP contribution in [0, 0.1) is 19.7 Å². The van der Waals surface area contributed by atoms with E-state index < -0.39 is 18.5 Å². The van der Waals surface area contributed by atoms with Gasteiger partial charge in [-0.05, 0) is 62.2 Å². The van der Waals surface area contributed by atoms with Crippen LogP contribution < -0.4 is 5.32 Å². The molecule has 7 heteroatoms. The number of aryl methyl sites for hydroxylation is 2. The predicted molar refractivity (Wildman–Crippen MR) is 108 cm³/mol. The van der Waals surface area contributed by atoms with Crippen LogP contribution >= 0.6 is 0 Å². The molecular weight excluding hydrogens is 373 g/mol. The molecule has 2 aromatic carbocycles. The van der Waals surface area contributed by atoms with Crippen LogP contribution in [0.5, 0.6) is 0 Å². The van der Waals surface area contributed by atoms with Gasteiger partial charge in [0, 0.05) is 5.69 Å². The summed E-state index contributed by atoms with van der Waals surface area (Å²) in [6.07, 6.45) is 0.856. The maximum absolute atomic E-state index is 13.1. The van der Waals surface area contributed by atoms with E-state index in [0.717, 1.165) is 12.0 Å². The highest BCUT2D eigenvalue weighted by atomic mass is 19.1. The van der Waals surface area contributed by atoms with Crippen molar-refractivity contribution in [2.75, 3.05) is 11.9 Å². The molecule has 1 N–H and O–H groups in total. The summed E-state index contributed by atoms with van der Waals surface area (Å²) in [4.78, 5) is 24.7. The largest absolute Gasteiger partial charge is 0.452 e. The molecule has 3 rings (SSSR count). The van der Waals surface area contributed by atoms with Crippen molar-refractivity contribution in [2.24, 2.45) is 0 Å². The Kier molecular flexibility index (Phi) is 6.07. The van der Waals surface area contributed by atoms with Crippen LogP contribution in [0.15, 0.2) is 48.5 Å². The minimum absolute atomic E-state index is 0.287. The lowest BCUT2D eigenvalue weighted by Crippen LogP contribution is -2.21. The van der Waals surface area contributed by atoms with E-state index in [0.29, 0.717) is 22.8 Å². The molecular formula is C22H22FN3O3. The molecule has 0 saturated carbocycles. The average molecular weight is 395 g/mol. The second-order valence-corrected chi connectivity index (χ2v) is 6.61. The number of ether oxygens (including phenoxy) is 1. The van der Waals surface area contributed by atoms with E-state index in [-0.39, 0.29) is 11.4 Å². The van der Waals surface area contributed by atoms with Crippen molar-refractivity contribution in [3.8, 4) is 5.69 Å². The summed E-state index contributed by atoms with van der Waals surface area (Å²) in [6.45, 7) is 5.02. The van der Waals surface area contributed by atoms with Gasteiger partial charge in [-0.2, -0.15) is 5.10 Å². The molecule has 150 valence electrons. The quantitative estimate of drug-likeness (QED) is 0.641. The Morgan fingerprint density at radius 1 is 1.14 bits per heavy atom. The van der Waals surface area contributed by atoms with Crippen LogP contribution in [0.25, 0.3) is 5.69 Å². The molecule has 0 aliphatic heterocycles. The third-order valence-electron chi connectivity index (χ3n) is 4.52. The summed E-state index contributed by atoms with van der Waals surface area (Å²) in [5, 5.41) is 7.05. The molecule has 0 bridgehead atoms. The minimum Gasteiger partial charge on any atom is -0.452 e. The van der Waals surface area contributed by atoms with E-state index in [1.54, 1.807) is 36.7 Å². The fourth-order valence-electron chi connectivity index (χ4n) is 3.04. The lowest BCUT2D eigenvalue weighted by atomic mass is 10.1. The number of rotatable bonds is 6. The van der Waals surface area contributed by atoms with E-state index in [2.05, 4.69) is 10.4 Å². The molecule has 3 aromatic rings. The van der Waals surface area contributed by atoms with Crippen molar-refractivity contribution in [1.82, 2.24) is 9.78 Å². The molecule has 0 radical (unpaired) electrons. The predicted octanol–water partition coefficient (Wildman–Crippen LogP) is 3.99. The first-order valence-corrected chi connectivity index (χ1v) is 9.27. The van der Waals surface area contributed by atoms with Gasteiger partial charge in [-0.3, -0.25) is 4.79 Å². The second-order valence-electron chi connectivity index (χ2n) is 6.61. The summed E-state index contributed by atoms with van der Waals surface area (Å²) in [5.74, 6) is -1.41. The van der Waals surface area contributed by atoms with Gasteiger partial charge in [-0.15, -0.1) is 0 Å². The van der Waals surface area contributed by atoms with Gasteiger partial charge in [0.15, 0.2) is 6.61 Å². The highest BCUT2D eigenvalue weighted by molar-refractivity contribution is 5.96. The monoisotopic (exact) mass is 395 g/mol. The molecule has 0 fully saturated rings. The SMILES string of the molecule is CCc1cccc(NC(=O)COC(=O)c2c(C)nn(-c3ccc(F)cc3)c2C)c1. The van der Waals surface area contributed by atoms with E-state index in [1.165, 1.54) is 12.1 Å². The third-order valence-corrected chi connectivity index (χ3v) is 4.52. The number of halogens is 1. The van der Waals surface area contributed by atoms with Crippen molar-refractivity contribution >= 4 is 17.6 Å². The van der Waals surface area contributed by atoms with Crippen LogP contribution in [-0.4, -0.2) is 28.3 Å². The van der Waals surface area contributed by atoms with Crippen LogP contribution in [-0.2, 0) is 16.0 Å². The number of anilines is 1. The fraction of sp³-hybridized carbons (Fsp3) is 0.227. The molecule has 0 unspecified atom stereocenters. The Hall–Kier alpha value is -3.48. The van der Waals surface area contributed by atoms with Crippen molar-refractivity contribution in [3.63, 3.8) is 0 Å². The molecule has 0 spiro atoms. The zero-order chi connectivity index (χ0) is 21.0. The van der Waals surface area contributed by atoms with Gasteiger partial charge in [0.1, 0.15) is 11.4 Å². The van der Waals surface area contributed by atoms with Crippen LogP contribution in [0.4, 0.5) is 10.1 Å². The molecule has 29 heavy (non-hydrogen) atoms. The first-order chi connectivity index (χ1) is 13.9. The molecule has 0 aliphatic rings. The second kappa shape index (κ2) is 8.68.